The van der Waals surface area contributed by atoms with Gasteiger partial charge in [0.2, 0.25) is 0 Å². The van der Waals surface area contributed by atoms with Crippen molar-refractivity contribution in [3.05, 3.63) is 66.1 Å². The maximum Gasteiger partial charge on any atom is 0.256 e. The van der Waals surface area contributed by atoms with E-state index >= 15 is 0 Å². The van der Waals surface area contributed by atoms with E-state index in [-0.39, 0.29) is 23.9 Å². The van der Waals surface area contributed by atoms with Crippen molar-refractivity contribution in [2.45, 2.75) is 38.8 Å². The van der Waals surface area contributed by atoms with Crippen molar-refractivity contribution < 1.29 is 14.0 Å². The molecule has 0 atom stereocenters. The molecule has 2 N–H and O–H groups in total. The van der Waals surface area contributed by atoms with Crippen molar-refractivity contribution in [2.24, 2.45) is 0 Å². The highest BCUT2D eigenvalue weighted by Gasteiger charge is 2.25. The van der Waals surface area contributed by atoms with Gasteiger partial charge in [0.1, 0.15) is 5.69 Å². The Hall–Kier alpha value is -3.94. The van der Waals surface area contributed by atoms with Crippen LogP contribution in [0.25, 0.3) is 22.5 Å². The van der Waals surface area contributed by atoms with Crippen molar-refractivity contribution in [3.8, 4) is 11.5 Å². The molecule has 1 fully saturated rings. The summed E-state index contributed by atoms with van der Waals surface area (Å²) in [7, 11) is 0. The van der Waals surface area contributed by atoms with E-state index in [9.17, 15) is 9.59 Å². The first-order valence-electron chi connectivity index (χ1n) is 10.6. The molecule has 0 spiro atoms. The molecule has 2 amide bonds. The molecule has 1 aromatic carbocycles. The van der Waals surface area contributed by atoms with E-state index in [1.165, 1.54) is 0 Å². The summed E-state index contributed by atoms with van der Waals surface area (Å²) in [4.78, 5) is 30.7. The monoisotopic (exact) mass is 429 g/mol. The van der Waals surface area contributed by atoms with Crippen LogP contribution in [0.15, 0.2) is 59.3 Å². The highest BCUT2D eigenvalue weighted by molar-refractivity contribution is 6.14. The second kappa shape index (κ2) is 7.96. The van der Waals surface area contributed by atoms with Gasteiger partial charge in [0.05, 0.1) is 34.7 Å². The molecule has 1 saturated carbocycles. The number of anilines is 1. The normalized spacial score (nSPS) is 13.5. The predicted octanol–water partition coefficient (Wildman–Crippen LogP) is 4.42. The molecule has 5 rings (SSSR count). The number of pyridine rings is 1. The first-order valence-corrected chi connectivity index (χ1v) is 10.6. The smallest absolute Gasteiger partial charge is 0.256 e. The number of hydrogen-bond acceptors (Lipinski definition) is 5. The van der Waals surface area contributed by atoms with Gasteiger partial charge < -0.3 is 15.1 Å². The minimum absolute atomic E-state index is 0.0645. The number of para-hydroxylation sites is 1. The average Bonchev–Trinajstić information content (AvgIpc) is 3.26. The molecule has 0 saturated heterocycles. The number of fused-ring (bicyclic) bond motifs is 1. The number of hydrogen-bond donors (Lipinski definition) is 2. The molecule has 3 heterocycles. The summed E-state index contributed by atoms with van der Waals surface area (Å²) in [5, 5.41) is 10.9. The number of aromatic nitrogens is 3. The molecular formula is C24H23N5O3. The van der Waals surface area contributed by atoms with Crippen LogP contribution in [-0.4, -0.2) is 32.6 Å². The first kappa shape index (κ1) is 20.0. The van der Waals surface area contributed by atoms with Crippen molar-refractivity contribution in [1.29, 1.82) is 0 Å². The molecule has 4 aromatic rings. The van der Waals surface area contributed by atoms with Gasteiger partial charge in [0.15, 0.2) is 11.4 Å². The Kier molecular flexibility index (Phi) is 4.97. The third-order valence-electron chi connectivity index (χ3n) is 5.41. The second-order valence-electron chi connectivity index (χ2n) is 8.20. The van der Waals surface area contributed by atoms with Gasteiger partial charge in [-0.3, -0.25) is 9.59 Å². The number of rotatable bonds is 6. The fourth-order valence-electron chi connectivity index (χ4n) is 3.60. The molecule has 8 heteroatoms. The maximum atomic E-state index is 13.4. The van der Waals surface area contributed by atoms with Crippen molar-refractivity contribution in [3.63, 3.8) is 0 Å². The molecule has 3 aromatic heterocycles. The quantitative estimate of drug-likeness (QED) is 0.472. The van der Waals surface area contributed by atoms with Crippen LogP contribution < -0.4 is 10.6 Å². The number of nitrogens with zero attached hydrogens (tertiary/aromatic N) is 3. The van der Waals surface area contributed by atoms with E-state index < -0.39 is 0 Å². The second-order valence-corrected chi connectivity index (χ2v) is 8.20. The van der Waals surface area contributed by atoms with Crippen LogP contribution in [-0.2, 0) is 0 Å². The summed E-state index contributed by atoms with van der Waals surface area (Å²) >= 11 is 0. The summed E-state index contributed by atoms with van der Waals surface area (Å²) < 4.78 is 7.29. The van der Waals surface area contributed by atoms with Gasteiger partial charge in [0.25, 0.3) is 11.8 Å². The van der Waals surface area contributed by atoms with E-state index in [2.05, 4.69) is 15.7 Å². The Morgan fingerprint density at radius 3 is 2.62 bits per heavy atom. The van der Waals surface area contributed by atoms with E-state index in [0.717, 1.165) is 12.8 Å². The third-order valence-corrected chi connectivity index (χ3v) is 5.41. The van der Waals surface area contributed by atoms with Crippen LogP contribution in [0.5, 0.6) is 0 Å². The Bertz CT molecular complexity index is 1300. The van der Waals surface area contributed by atoms with E-state index in [4.69, 9.17) is 9.40 Å². The summed E-state index contributed by atoms with van der Waals surface area (Å²) in [5.41, 5.74) is 2.43. The molecule has 1 aliphatic rings. The number of carbonyl (C=O) groups excluding carboxylic acids is 2. The Balaban J connectivity index is 1.55. The average molecular weight is 429 g/mol. The minimum Gasteiger partial charge on any atom is -0.463 e. The molecule has 162 valence electrons. The molecule has 0 aliphatic heterocycles. The zero-order valence-electron chi connectivity index (χ0n) is 17.8. The molecular weight excluding hydrogens is 406 g/mol. The Morgan fingerprint density at radius 1 is 1.09 bits per heavy atom. The number of nitrogens with one attached hydrogen (secondary N) is 2. The lowest BCUT2D eigenvalue weighted by Crippen LogP contribution is -2.27. The molecule has 32 heavy (non-hydrogen) atoms. The lowest BCUT2D eigenvalue weighted by atomic mass is 10.1. The number of amides is 2. The summed E-state index contributed by atoms with van der Waals surface area (Å²) in [6.45, 7) is 4.00. The molecule has 0 unspecified atom stereocenters. The van der Waals surface area contributed by atoms with Gasteiger partial charge in [-0.2, -0.15) is 5.10 Å². The molecule has 0 bridgehead atoms. The molecule has 0 radical (unpaired) electrons. The van der Waals surface area contributed by atoms with Crippen LogP contribution in [0.3, 0.4) is 0 Å². The topological polar surface area (TPSA) is 102 Å². The first-order chi connectivity index (χ1) is 15.5. The van der Waals surface area contributed by atoms with E-state index in [0.29, 0.717) is 39.3 Å². The number of benzene rings is 1. The maximum absolute atomic E-state index is 13.4. The van der Waals surface area contributed by atoms with Gasteiger partial charge in [-0.25, -0.2) is 9.67 Å². The zero-order valence-corrected chi connectivity index (χ0v) is 17.8. The van der Waals surface area contributed by atoms with Crippen LogP contribution >= 0.6 is 0 Å². The Labute approximate surface area is 184 Å². The SMILES string of the molecule is CC(C)n1ncc2c(C(=O)Nc3ccccc3C(=O)NC3CC3)cc(-c3ccco3)nc21. The predicted molar refractivity (Wildman–Crippen MR) is 120 cm³/mol. The Morgan fingerprint density at radius 2 is 1.91 bits per heavy atom. The summed E-state index contributed by atoms with van der Waals surface area (Å²) in [6, 6.07) is 12.6. The fourth-order valence-corrected chi connectivity index (χ4v) is 3.60. The fraction of sp³-hybridized carbons (Fsp3) is 0.250. The lowest BCUT2D eigenvalue weighted by Gasteiger charge is -2.13. The van der Waals surface area contributed by atoms with E-state index in [1.807, 2.05) is 13.8 Å². The van der Waals surface area contributed by atoms with Crippen molar-refractivity contribution >= 4 is 28.5 Å². The van der Waals surface area contributed by atoms with Gasteiger partial charge in [-0.15, -0.1) is 0 Å². The number of carbonyl (C=O) groups is 2. The van der Waals surface area contributed by atoms with Gasteiger partial charge in [-0.1, -0.05) is 12.1 Å². The third kappa shape index (κ3) is 3.75. The van der Waals surface area contributed by atoms with Gasteiger partial charge in [0, 0.05) is 12.1 Å². The summed E-state index contributed by atoms with van der Waals surface area (Å²) in [5.74, 6) is 0.0222. The highest BCUT2D eigenvalue weighted by atomic mass is 16.3. The summed E-state index contributed by atoms with van der Waals surface area (Å²) in [6.07, 6.45) is 5.19. The van der Waals surface area contributed by atoms with Crippen LogP contribution in [0.4, 0.5) is 5.69 Å². The highest BCUT2D eigenvalue weighted by Crippen LogP contribution is 2.28. The lowest BCUT2D eigenvalue weighted by molar-refractivity contribution is 0.0952. The van der Waals surface area contributed by atoms with Gasteiger partial charge in [-0.05, 0) is 57.0 Å². The van der Waals surface area contributed by atoms with E-state index in [1.54, 1.807) is 59.6 Å². The van der Waals surface area contributed by atoms with Gasteiger partial charge >= 0.3 is 0 Å². The van der Waals surface area contributed by atoms with Crippen LogP contribution in [0.2, 0.25) is 0 Å². The largest absolute Gasteiger partial charge is 0.463 e. The van der Waals surface area contributed by atoms with Crippen molar-refractivity contribution in [1.82, 2.24) is 20.1 Å². The zero-order chi connectivity index (χ0) is 22.2. The van der Waals surface area contributed by atoms with Crippen molar-refractivity contribution in [2.75, 3.05) is 5.32 Å². The molecule has 1 aliphatic carbocycles. The van der Waals surface area contributed by atoms with Crippen LogP contribution in [0, 0.1) is 0 Å². The minimum atomic E-state index is -0.347. The number of furan rings is 1. The standard InChI is InChI=1S/C24H23N5O3/c1-14(2)29-22-18(13-25-29)17(12-20(27-22)21-8-5-11-32-21)24(31)28-19-7-4-3-6-16(19)23(30)26-15-9-10-15/h3-8,11-15H,9-10H2,1-2H3,(H,26,30)(H,28,31). The van der Waals surface area contributed by atoms with Crippen LogP contribution in [0.1, 0.15) is 53.4 Å². The molecule has 8 nitrogen and oxygen atoms in total.